The Bertz CT molecular complexity index is 3270. The van der Waals surface area contributed by atoms with Gasteiger partial charge in [0.1, 0.15) is 10.0 Å². The summed E-state index contributed by atoms with van der Waals surface area (Å²) in [4.78, 5) is 27.3. The number of rotatable bonds is 8. The minimum atomic E-state index is -0.121. The second kappa shape index (κ2) is 15.9. The zero-order valence-corrected chi connectivity index (χ0v) is 37.0. The molecule has 2 aliphatic heterocycles. The fourth-order valence-electron chi connectivity index (χ4n) is 9.75. The van der Waals surface area contributed by atoms with Crippen molar-refractivity contribution in [3.63, 3.8) is 0 Å². The van der Waals surface area contributed by atoms with Crippen LogP contribution in [0.1, 0.15) is 0 Å². The lowest BCUT2D eigenvalue weighted by Crippen LogP contribution is -2.53. The number of fused-ring (bicyclic) bond motifs is 6. The fourth-order valence-corrected chi connectivity index (χ4v) is 12.2. The molecular weight excluding hydrogens is 846 g/mol. The molecule has 13 rings (SSSR count). The number of thiophene rings is 2. The van der Waals surface area contributed by atoms with Gasteiger partial charge in [-0.05, 0) is 93.8 Å². The second-order valence-corrected chi connectivity index (χ2v) is 18.4. The molecular formula is C54H36B2N8S2. The van der Waals surface area contributed by atoms with E-state index in [1.165, 1.54) is 74.7 Å². The van der Waals surface area contributed by atoms with Gasteiger partial charge in [0.2, 0.25) is 0 Å². The maximum Gasteiger partial charge on any atom is 0.421 e. The van der Waals surface area contributed by atoms with Crippen LogP contribution in [0.2, 0.25) is 0 Å². The third-order valence-electron chi connectivity index (χ3n) is 12.7. The number of nitrogens with zero attached hydrogens (tertiary/aromatic N) is 8. The average molecular weight is 883 g/mol. The molecule has 5 aromatic carbocycles. The van der Waals surface area contributed by atoms with Crippen LogP contribution in [-0.2, 0) is 0 Å². The summed E-state index contributed by atoms with van der Waals surface area (Å²) in [5.41, 5.74) is 13.8. The smallest absolute Gasteiger partial charge is 0.359 e. The molecule has 0 bridgehead atoms. The zero-order chi connectivity index (χ0) is 43.6. The number of benzene rings is 5. The van der Waals surface area contributed by atoms with Crippen molar-refractivity contribution < 1.29 is 0 Å². The van der Waals surface area contributed by atoms with E-state index in [1.807, 2.05) is 72.2 Å². The molecule has 11 aromatic rings. The van der Waals surface area contributed by atoms with Crippen LogP contribution in [0.4, 0.5) is 44.1 Å². The summed E-state index contributed by atoms with van der Waals surface area (Å²) in [7, 11) is 0. The van der Waals surface area contributed by atoms with E-state index in [4.69, 9.17) is 0 Å². The second-order valence-electron chi connectivity index (χ2n) is 16.4. The van der Waals surface area contributed by atoms with Crippen LogP contribution in [0.15, 0.2) is 219 Å². The molecule has 6 aromatic heterocycles. The number of hydrogen-bond donors (Lipinski definition) is 0. The first-order chi connectivity index (χ1) is 32.8. The van der Waals surface area contributed by atoms with Gasteiger partial charge in [-0.15, -0.1) is 22.7 Å². The van der Waals surface area contributed by atoms with E-state index in [2.05, 4.69) is 209 Å². The summed E-state index contributed by atoms with van der Waals surface area (Å²) in [6.45, 7) is -0.242. The topological polar surface area (TPSA) is 64.5 Å². The molecule has 0 saturated carbocycles. The van der Waals surface area contributed by atoms with Gasteiger partial charge in [-0.1, -0.05) is 109 Å². The molecule has 8 heterocycles. The summed E-state index contributed by atoms with van der Waals surface area (Å²) in [6, 6.07) is 61.3. The molecule has 0 atom stereocenters. The lowest BCUT2D eigenvalue weighted by Gasteiger charge is -2.30. The van der Waals surface area contributed by atoms with Gasteiger partial charge >= 0.3 is 14.0 Å². The minimum Gasteiger partial charge on any atom is -0.359 e. The van der Waals surface area contributed by atoms with Crippen LogP contribution < -0.4 is 30.2 Å². The number of pyridine rings is 4. The summed E-state index contributed by atoms with van der Waals surface area (Å²) >= 11 is 3.66. The van der Waals surface area contributed by atoms with Gasteiger partial charge in [-0.25, -0.2) is 0 Å². The van der Waals surface area contributed by atoms with Crippen molar-refractivity contribution in [3.05, 3.63) is 219 Å². The Hall–Kier alpha value is -8.05. The van der Waals surface area contributed by atoms with Crippen LogP contribution in [0, 0.1) is 0 Å². The number of aromatic nitrogens is 4. The molecule has 0 N–H and O–H groups in total. The van der Waals surface area contributed by atoms with Crippen LogP contribution >= 0.6 is 22.7 Å². The monoisotopic (exact) mass is 882 g/mol. The van der Waals surface area contributed by atoms with Crippen LogP contribution in [0.5, 0.6) is 0 Å². The van der Waals surface area contributed by atoms with Gasteiger partial charge < -0.3 is 19.2 Å². The summed E-state index contributed by atoms with van der Waals surface area (Å²) < 4.78 is 2.52. The molecule has 0 aliphatic carbocycles. The Morgan fingerprint density at radius 2 is 0.591 bits per heavy atom. The van der Waals surface area contributed by atoms with E-state index >= 15 is 0 Å². The fraction of sp³-hybridized carbons (Fsp3) is 0. The van der Waals surface area contributed by atoms with E-state index in [9.17, 15) is 0 Å². The molecule has 0 amide bonds. The molecule has 310 valence electrons. The van der Waals surface area contributed by atoms with Gasteiger partial charge in [-0.2, -0.15) is 0 Å². The first-order valence-electron chi connectivity index (χ1n) is 21.9. The quantitative estimate of drug-likeness (QED) is 0.140. The van der Waals surface area contributed by atoms with Gasteiger partial charge in [0.05, 0.1) is 11.4 Å². The van der Waals surface area contributed by atoms with Crippen LogP contribution in [-0.4, -0.2) is 33.9 Å². The Balaban J connectivity index is 0.823. The Morgan fingerprint density at radius 1 is 0.303 bits per heavy atom. The highest BCUT2D eigenvalue weighted by molar-refractivity contribution is 7.26. The van der Waals surface area contributed by atoms with Gasteiger partial charge in [0.15, 0.2) is 0 Å². The van der Waals surface area contributed by atoms with Crippen molar-refractivity contribution in [2.24, 2.45) is 0 Å². The third-order valence-corrected chi connectivity index (χ3v) is 15.1. The minimum absolute atomic E-state index is 0.121. The van der Waals surface area contributed by atoms with Crippen LogP contribution in [0.3, 0.4) is 0 Å². The molecule has 2 aliphatic rings. The van der Waals surface area contributed by atoms with Gasteiger partial charge in [-0.3, -0.25) is 19.9 Å². The van der Waals surface area contributed by atoms with Crippen molar-refractivity contribution in [3.8, 4) is 22.3 Å². The normalized spacial score (nSPS) is 13.3. The average Bonchev–Trinajstić information content (AvgIpc) is 4.14. The molecule has 8 nitrogen and oxygen atoms in total. The van der Waals surface area contributed by atoms with E-state index in [0.29, 0.717) is 0 Å². The van der Waals surface area contributed by atoms with Crippen molar-refractivity contribution >= 4 is 112 Å². The first-order valence-corrected chi connectivity index (χ1v) is 23.5. The standard InChI is InChI=1S/C54H36B2N8S2/c1-3-7-49-47(5-1)51-53(65-49)63(45-25-33-59-34-26-45)55(61(51)43-21-29-57-30-22-43)41-17-13-39(14-18-41)37-9-11-38(12-10-37)40-15-19-42(20-16-40)56-62(44-23-31-58-32-24-44)52-48-6-2-4-8-50(48)66-54(52)64(56)46-27-35-60-36-28-46/h1-36H. The van der Waals surface area contributed by atoms with Gasteiger partial charge in [0.25, 0.3) is 0 Å². The summed E-state index contributed by atoms with van der Waals surface area (Å²) in [5.74, 6) is 0. The summed E-state index contributed by atoms with van der Waals surface area (Å²) in [6.07, 6.45) is 15.0. The lowest BCUT2D eigenvalue weighted by atomic mass is 9.64. The molecule has 0 spiro atoms. The molecule has 0 radical (unpaired) electrons. The van der Waals surface area contributed by atoms with E-state index in [-0.39, 0.29) is 14.0 Å². The first kappa shape index (κ1) is 38.4. The number of hydrogen-bond acceptors (Lipinski definition) is 10. The SMILES string of the molecule is c1ccc2c3c(sc2c1)N(c1ccncc1)B(c1ccc(-c2ccc(-c4ccc(B5N(c6ccncc6)c6sc7ccccc7c6N5c5ccncc5)cc4)cc2)cc1)N3c1ccncc1. The number of anilines is 8. The predicted molar refractivity (Wildman–Crippen MR) is 277 cm³/mol. The predicted octanol–water partition coefficient (Wildman–Crippen LogP) is 12.4. The Morgan fingerprint density at radius 3 is 0.924 bits per heavy atom. The maximum absolute atomic E-state index is 4.38. The van der Waals surface area contributed by atoms with Crippen LogP contribution in [0.25, 0.3) is 42.4 Å². The highest BCUT2D eigenvalue weighted by atomic mass is 32.1. The van der Waals surface area contributed by atoms with E-state index in [0.717, 1.165) is 22.7 Å². The van der Waals surface area contributed by atoms with E-state index < -0.39 is 0 Å². The highest BCUT2D eigenvalue weighted by Gasteiger charge is 2.47. The van der Waals surface area contributed by atoms with Crippen molar-refractivity contribution in [1.29, 1.82) is 0 Å². The zero-order valence-electron chi connectivity index (χ0n) is 35.3. The van der Waals surface area contributed by atoms with Gasteiger partial charge in [0, 0.05) is 92.5 Å². The Kier molecular flexibility index (Phi) is 9.24. The van der Waals surface area contributed by atoms with E-state index in [1.54, 1.807) is 0 Å². The lowest BCUT2D eigenvalue weighted by molar-refractivity contribution is 1.29. The van der Waals surface area contributed by atoms with Crippen molar-refractivity contribution in [2.45, 2.75) is 0 Å². The molecule has 66 heavy (non-hydrogen) atoms. The molecule has 0 unspecified atom stereocenters. The molecule has 0 saturated heterocycles. The third kappa shape index (κ3) is 6.29. The highest BCUT2D eigenvalue weighted by Crippen LogP contribution is 2.56. The maximum atomic E-state index is 4.38. The summed E-state index contributed by atoms with van der Waals surface area (Å²) in [5, 5.41) is 4.90. The van der Waals surface area contributed by atoms with Crippen molar-refractivity contribution in [2.75, 3.05) is 19.2 Å². The van der Waals surface area contributed by atoms with Crippen molar-refractivity contribution in [1.82, 2.24) is 19.9 Å². The molecule has 0 fully saturated rings. The Labute approximate surface area is 390 Å². The largest absolute Gasteiger partial charge is 0.421 e. The molecule has 12 heteroatoms.